The van der Waals surface area contributed by atoms with Gasteiger partial charge in [-0.05, 0) is 72.2 Å². The predicted octanol–water partition coefficient (Wildman–Crippen LogP) is 6.00. The molecular weight excluding hydrogens is 566 g/mol. The van der Waals surface area contributed by atoms with E-state index in [9.17, 15) is 4.79 Å². The molecule has 4 atom stereocenters. The molecule has 0 bridgehead atoms. The molecule has 1 saturated heterocycles. The molecule has 1 N–H and O–H groups in total. The van der Waals surface area contributed by atoms with E-state index in [1.165, 1.54) is 5.56 Å². The Kier molecular flexibility index (Phi) is 9.00. The summed E-state index contributed by atoms with van der Waals surface area (Å²) in [6.07, 6.45) is 4.55. The van der Waals surface area contributed by atoms with Gasteiger partial charge in [0.2, 0.25) is 11.8 Å². The number of hydrogen-bond acceptors (Lipinski definition) is 5. The van der Waals surface area contributed by atoms with Crippen LogP contribution >= 0.6 is 27.5 Å². The lowest BCUT2D eigenvalue weighted by atomic mass is 9.72. The maximum Gasteiger partial charge on any atom is 0.224 e. The van der Waals surface area contributed by atoms with Crippen molar-refractivity contribution in [1.82, 2.24) is 15.2 Å². The van der Waals surface area contributed by atoms with Gasteiger partial charge >= 0.3 is 0 Å². The fourth-order valence-electron chi connectivity index (χ4n) is 5.76. The standard InChI is InChI=1S/C30H33BrClN3O3/c1-37-28-13-6-22(19-33-28)29(21-4-9-24(32)10-5-21)34-30(36)26-12-11-25(35-14-16-38-17-15-35)18-27(26)20-2-7-23(31)8-3-20/h2-10,13,19,25-27,29H,11-12,14-18H2,1H3,(H,34,36)/t25-,26-,27+,29?/m1/s1. The summed E-state index contributed by atoms with van der Waals surface area (Å²) in [5.74, 6) is 0.597. The van der Waals surface area contributed by atoms with Crippen LogP contribution in [0.25, 0.3) is 0 Å². The second-order valence-corrected chi connectivity index (χ2v) is 11.4. The molecule has 2 aromatic carbocycles. The Morgan fingerprint density at radius 3 is 2.42 bits per heavy atom. The lowest BCUT2D eigenvalue weighted by Crippen LogP contribution is -2.48. The Morgan fingerprint density at radius 2 is 1.76 bits per heavy atom. The third-order valence-electron chi connectivity index (χ3n) is 7.81. The van der Waals surface area contributed by atoms with Crippen molar-refractivity contribution < 1.29 is 14.3 Å². The molecule has 2 heterocycles. The largest absolute Gasteiger partial charge is 0.481 e. The molecule has 200 valence electrons. The molecule has 1 saturated carbocycles. The summed E-state index contributed by atoms with van der Waals surface area (Å²) in [6.45, 7) is 3.47. The van der Waals surface area contributed by atoms with Gasteiger partial charge in [0.15, 0.2) is 0 Å². The monoisotopic (exact) mass is 597 g/mol. The molecule has 1 aromatic heterocycles. The van der Waals surface area contributed by atoms with Gasteiger partial charge in [-0.15, -0.1) is 0 Å². The van der Waals surface area contributed by atoms with Gasteiger partial charge in [0.25, 0.3) is 0 Å². The molecule has 3 aromatic rings. The maximum atomic E-state index is 14.1. The predicted molar refractivity (Wildman–Crippen MR) is 153 cm³/mol. The van der Waals surface area contributed by atoms with Crippen molar-refractivity contribution in [3.05, 3.63) is 93.0 Å². The van der Waals surface area contributed by atoms with Gasteiger partial charge in [0, 0.05) is 46.8 Å². The SMILES string of the molecule is COc1ccc(C(NC(=O)[C@@H]2CC[C@@H](N3CCOCC3)C[C@H]2c2ccc(Br)cc2)c2ccc(Cl)cc2)cn1. The summed E-state index contributed by atoms with van der Waals surface area (Å²) in [5, 5.41) is 4.03. The molecule has 1 unspecified atom stereocenters. The molecule has 2 fully saturated rings. The van der Waals surface area contributed by atoms with Crippen molar-refractivity contribution in [2.45, 2.75) is 37.3 Å². The topological polar surface area (TPSA) is 63.7 Å². The van der Waals surface area contributed by atoms with Crippen LogP contribution in [0.15, 0.2) is 71.3 Å². The van der Waals surface area contributed by atoms with Crippen LogP contribution in [-0.4, -0.2) is 55.2 Å². The van der Waals surface area contributed by atoms with E-state index in [-0.39, 0.29) is 23.8 Å². The van der Waals surface area contributed by atoms with Crippen molar-refractivity contribution in [2.75, 3.05) is 33.4 Å². The van der Waals surface area contributed by atoms with Gasteiger partial charge in [0.05, 0.1) is 26.4 Å². The number of nitrogens with zero attached hydrogens (tertiary/aromatic N) is 2. The molecule has 8 heteroatoms. The van der Waals surface area contributed by atoms with E-state index in [0.717, 1.165) is 61.2 Å². The van der Waals surface area contributed by atoms with Gasteiger partial charge in [-0.3, -0.25) is 9.69 Å². The normalized spacial score (nSPS) is 23.0. The highest BCUT2D eigenvalue weighted by Crippen LogP contribution is 2.41. The van der Waals surface area contributed by atoms with Gasteiger partial charge in [0.1, 0.15) is 0 Å². The van der Waals surface area contributed by atoms with Crippen molar-refractivity contribution in [3.63, 3.8) is 0 Å². The first-order valence-electron chi connectivity index (χ1n) is 13.1. The zero-order valence-electron chi connectivity index (χ0n) is 21.5. The first-order chi connectivity index (χ1) is 18.5. The van der Waals surface area contributed by atoms with E-state index in [1.54, 1.807) is 13.3 Å². The third-order valence-corrected chi connectivity index (χ3v) is 8.59. The molecule has 1 aliphatic heterocycles. The fraction of sp³-hybridized carbons (Fsp3) is 0.400. The smallest absolute Gasteiger partial charge is 0.224 e. The number of carbonyl (C=O) groups is 1. The van der Waals surface area contributed by atoms with Crippen LogP contribution in [0.1, 0.15) is 47.9 Å². The van der Waals surface area contributed by atoms with Crippen LogP contribution in [-0.2, 0) is 9.53 Å². The number of halogens is 2. The minimum atomic E-state index is -0.347. The number of ether oxygens (including phenoxy) is 2. The summed E-state index contributed by atoms with van der Waals surface area (Å²) in [4.78, 5) is 21.0. The number of pyridine rings is 1. The van der Waals surface area contributed by atoms with E-state index in [4.69, 9.17) is 21.1 Å². The molecule has 38 heavy (non-hydrogen) atoms. The van der Waals surface area contributed by atoms with Gasteiger partial charge in [-0.25, -0.2) is 4.98 Å². The summed E-state index contributed by atoms with van der Waals surface area (Å²) in [7, 11) is 1.59. The van der Waals surface area contributed by atoms with Crippen molar-refractivity contribution in [2.24, 2.45) is 5.92 Å². The van der Waals surface area contributed by atoms with Crippen LogP contribution in [0, 0.1) is 5.92 Å². The number of rotatable bonds is 7. The highest BCUT2D eigenvalue weighted by Gasteiger charge is 2.39. The highest BCUT2D eigenvalue weighted by atomic mass is 79.9. The number of methoxy groups -OCH3 is 1. The first-order valence-corrected chi connectivity index (χ1v) is 14.3. The number of amides is 1. The van der Waals surface area contributed by atoms with E-state index in [0.29, 0.717) is 16.9 Å². The second-order valence-electron chi connectivity index (χ2n) is 10.0. The molecule has 1 aliphatic carbocycles. The van der Waals surface area contributed by atoms with Crippen LogP contribution in [0.5, 0.6) is 5.88 Å². The lowest BCUT2D eigenvalue weighted by molar-refractivity contribution is -0.127. The first kappa shape index (κ1) is 27.1. The number of nitrogens with one attached hydrogen (secondary N) is 1. The molecule has 2 aliphatic rings. The van der Waals surface area contributed by atoms with Crippen LogP contribution in [0.4, 0.5) is 0 Å². The van der Waals surface area contributed by atoms with Crippen molar-refractivity contribution in [3.8, 4) is 5.88 Å². The summed E-state index contributed by atoms with van der Waals surface area (Å²) < 4.78 is 11.9. The Bertz CT molecular complexity index is 1200. The Morgan fingerprint density at radius 1 is 1.05 bits per heavy atom. The average molecular weight is 599 g/mol. The van der Waals surface area contributed by atoms with Crippen molar-refractivity contribution in [1.29, 1.82) is 0 Å². The molecule has 6 nitrogen and oxygen atoms in total. The zero-order valence-corrected chi connectivity index (χ0v) is 23.8. The van der Waals surface area contributed by atoms with Crippen LogP contribution in [0.2, 0.25) is 5.02 Å². The molecule has 0 spiro atoms. The third kappa shape index (κ3) is 6.40. The summed E-state index contributed by atoms with van der Waals surface area (Å²) >= 11 is 9.74. The minimum absolute atomic E-state index is 0.0640. The highest BCUT2D eigenvalue weighted by molar-refractivity contribution is 9.10. The molecular formula is C30H33BrClN3O3. The molecule has 5 rings (SSSR count). The molecule has 0 radical (unpaired) electrons. The van der Waals surface area contributed by atoms with E-state index < -0.39 is 0 Å². The van der Waals surface area contributed by atoms with E-state index in [1.807, 2.05) is 36.4 Å². The number of morpholine rings is 1. The van der Waals surface area contributed by atoms with Gasteiger partial charge in [-0.1, -0.05) is 51.8 Å². The second kappa shape index (κ2) is 12.6. The van der Waals surface area contributed by atoms with Gasteiger partial charge < -0.3 is 14.8 Å². The Labute approximate surface area is 237 Å². The molecule has 1 amide bonds. The Hall–Kier alpha value is -2.45. The zero-order chi connectivity index (χ0) is 26.5. The summed E-state index contributed by atoms with van der Waals surface area (Å²) in [6, 6.07) is 19.9. The van der Waals surface area contributed by atoms with Crippen molar-refractivity contribution >= 4 is 33.4 Å². The Balaban J connectivity index is 1.41. The van der Waals surface area contributed by atoms with Gasteiger partial charge in [-0.2, -0.15) is 0 Å². The number of aromatic nitrogens is 1. The van der Waals surface area contributed by atoms with Crippen LogP contribution in [0.3, 0.4) is 0 Å². The lowest BCUT2D eigenvalue weighted by Gasteiger charge is -2.42. The number of benzene rings is 2. The summed E-state index contributed by atoms with van der Waals surface area (Å²) in [5.41, 5.74) is 3.06. The quantitative estimate of drug-likeness (QED) is 0.362. The van der Waals surface area contributed by atoms with E-state index in [2.05, 4.69) is 55.4 Å². The fourth-order valence-corrected chi connectivity index (χ4v) is 6.15. The van der Waals surface area contributed by atoms with Crippen LogP contribution < -0.4 is 10.1 Å². The average Bonchev–Trinajstić information content (AvgIpc) is 2.97. The maximum absolute atomic E-state index is 14.1. The number of carbonyl (C=O) groups excluding carboxylic acids is 1. The van der Waals surface area contributed by atoms with E-state index >= 15 is 0 Å². The minimum Gasteiger partial charge on any atom is -0.481 e. The number of hydrogen-bond donors (Lipinski definition) is 1.